The minimum atomic E-state index is -0.638. The van der Waals surface area contributed by atoms with Crippen LogP contribution in [0.3, 0.4) is 0 Å². The number of nitrogens with one attached hydrogen (secondary N) is 2. The molecule has 0 aliphatic rings. The van der Waals surface area contributed by atoms with Crippen LogP contribution < -0.4 is 15.6 Å². The van der Waals surface area contributed by atoms with E-state index in [1.54, 1.807) is 30.3 Å². The van der Waals surface area contributed by atoms with Gasteiger partial charge in [-0.15, -0.1) is 0 Å². The summed E-state index contributed by atoms with van der Waals surface area (Å²) in [6.45, 7) is 6.03. The summed E-state index contributed by atoms with van der Waals surface area (Å²) >= 11 is 0. The SMILES string of the molecule is CC(C)(C)c1ccc(OCCC(=O)OCC(=O)NNC(=O)c2ccccc2)cc1. The second kappa shape index (κ2) is 10.3. The minimum Gasteiger partial charge on any atom is -0.493 e. The summed E-state index contributed by atoms with van der Waals surface area (Å²) in [7, 11) is 0. The van der Waals surface area contributed by atoms with E-state index in [1.807, 2.05) is 24.3 Å². The van der Waals surface area contributed by atoms with Crippen LogP contribution in [-0.4, -0.2) is 31.0 Å². The second-order valence-corrected chi connectivity index (χ2v) is 7.40. The van der Waals surface area contributed by atoms with Crippen molar-refractivity contribution in [2.75, 3.05) is 13.2 Å². The predicted octanol–water partition coefficient (Wildman–Crippen LogP) is 2.76. The maximum Gasteiger partial charge on any atom is 0.309 e. The van der Waals surface area contributed by atoms with Gasteiger partial charge in [0.15, 0.2) is 6.61 Å². The number of benzene rings is 2. The molecule has 7 nitrogen and oxygen atoms in total. The van der Waals surface area contributed by atoms with Crippen molar-refractivity contribution in [3.63, 3.8) is 0 Å². The van der Waals surface area contributed by atoms with E-state index in [1.165, 1.54) is 5.56 Å². The molecule has 7 heteroatoms. The van der Waals surface area contributed by atoms with E-state index < -0.39 is 24.4 Å². The van der Waals surface area contributed by atoms with Crippen LogP contribution in [0.2, 0.25) is 0 Å². The molecule has 0 bridgehead atoms. The molecule has 0 aromatic heterocycles. The van der Waals surface area contributed by atoms with Gasteiger partial charge in [-0.3, -0.25) is 25.2 Å². The van der Waals surface area contributed by atoms with Crippen molar-refractivity contribution in [2.45, 2.75) is 32.6 Å². The molecule has 0 fully saturated rings. The molecule has 2 amide bonds. The molecule has 2 rings (SSSR count). The zero-order valence-electron chi connectivity index (χ0n) is 16.9. The first kappa shape index (κ1) is 21.9. The third-order valence-corrected chi connectivity index (χ3v) is 4.01. The molecule has 0 radical (unpaired) electrons. The molecular weight excluding hydrogens is 372 g/mol. The lowest BCUT2D eigenvalue weighted by molar-refractivity contribution is -0.149. The Hall–Kier alpha value is -3.35. The molecule has 0 saturated carbocycles. The molecule has 0 spiro atoms. The average Bonchev–Trinajstić information content (AvgIpc) is 2.71. The van der Waals surface area contributed by atoms with E-state index in [9.17, 15) is 14.4 Å². The van der Waals surface area contributed by atoms with Crippen LogP contribution in [0.5, 0.6) is 5.75 Å². The lowest BCUT2D eigenvalue weighted by Gasteiger charge is -2.19. The maximum atomic E-state index is 11.8. The van der Waals surface area contributed by atoms with Gasteiger partial charge in [0.25, 0.3) is 11.8 Å². The molecule has 0 heterocycles. The second-order valence-electron chi connectivity index (χ2n) is 7.40. The Morgan fingerprint density at radius 1 is 0.897 bits per heavy atom. The summed E-state index contributed by atoms with van der Waals surface area (Å²) in [6.07, 6.45) is 0.00464. The third-order valence-electron chi connectivity index (χ3n) is 4.01. The summed E-state index contributed by atoms with van der Waals surface area (Å²) in [6, 6.07) is 16.1. The van der Waals surface area contributed by atoms with Crippen molar-refractivity contribution < 1.29 is 23.9 Å². The Morgan fingerprint density at radius 3 is 2.17 bits per heavy atom. The van der Waals surface area contributed by atoms with E-state index in [0.29, 0.717) is 11.3 Å². The lowest BCUT2D eigenvalue weighted by Crippen LogP contribution is -2.43. The van der Waals surface area contributed by atoms with Gasteiger partial charge < -0.3 is 9.47 Å². The van der Waals surface area contributed by atoms with Gasteiger partial charge in [-0.05, 0) is 35.2 Å². The number of carbonyl (C=O) groups excluding carboxylic acids is 3. The Balaban J connectivity index is 1.63. The van der Waals surface area contributed by atoms with Gasteiger partial charge >= 0.3 is 5.97 Å². The molecule has 154 valence electrons. The van der Waals surface area contributed by atoms with Crippen molar-refractivity contribution in [2.24, 2.45) is 0 Å². The number of ether oxygens (including phenoxy) is 2. The van der Waals surface area contributed by atoms with Gasteiger partial charge in [0.2, 0.25) is 0 Å². The molecular formula is C22H26N2O5. The highest BCUT2D eigenvalue weighted by Crippen LogP contribution is 2.24. The van der Waals surface area contributed by atoms with Crippen LogP contribution in [0, 0.1) is 0 Å². The van der Waals surface area contributed by atoms with Gasteiger partial charge in [-0.1, -0.05) is 51.1 Å². The van der Waals surface area contributed by atoms with E-state index >= 15 is 0 Å². The first-order chi connectivity index (χ1) is 13.8. The van der Waals surface area contributed by atoms with Gasteiger partial charge in [-0.25, -0.2) is 0 Å². The van der Waals surface area contributed by atoms with Crippen molar-refractivity contribution in [1.82, 2.24) is 10.9 Å². The van der Waals surface area contributed by atoms with Crippen LogP contribution in [-0.2, 0) is 19.7 Å². The lowest BCUT2D eigenvalue weighted by atomic mass is 9.87. The van der Waals surface area contributed by atoms with Crippen molar-refractivity contribution in [3.05, 3.63) is 65.7 Å². The Bertz CT molecular complexity index is 827. The highest BCUT2D eigenvalue weighted by Gasteiger charge is 2.13. The fourth-order valence-corrected chi connectivity index (χ4v) is 2.35. The molecule has 0 aliphatic heterocycles. The molecule has 2 aromatic carbocycles. The standard InChI is InChI=1S/C22H26N2O5/c1-22(2,3)17-9-11-18(12-10-17)28-14-13-20(26)29-15-19(25)23-24-21(27)16-7-5-4-6-8-16/h4-12H,13-15H2,1-3H3,(H,23,25)(H,24,27). The summed E-state index contributed by atoms with van der Waals surface area (Å²) in [4.78, 5) is 35.2. The summed E-state index contributed by atoms with van der Waals surface area (Å²) in [5.41, 5.74) is 6.09. The van der Waals surface area contributed by atoms with Crippen LogP contribution >= 0.6 is 0 Å². The molecule has 29 heavy (non-hydrogen) atoms. The topological polar surface area (TPSA) is 93.7 Å². The van der Waals surface area contributed by atoms with Gasteiger partial charge in [0.05, 0.1) is 13.0 Å². The predicted molar refractivity (Wildman–Crippen MR) is 108 cm³/mol. The average molecular weight is 398 g/mol. The molecule has 2 aromatic rings. The number of amides is 2. The zero-order chi connectivity index (χ0) is 21.3. The first-order valence-corrected chi connectivity index (χ1v) is 9.29. The number of carbonyl (C=O) groups is 3. The number of hydrogen-bond donors (Lipinski definition) is 2. The number of hydrazine groups is 1. The zero-order valence-corrected chi connectivity index (χ0v) is 16.9. The van der Waals surface area contributed by atoms with E-state index in [4.69, 9.17) is 9.47 Å². The van der Waals surface area contributed by atoms with Crippen molar-refractivity contribution >= 4 is 17.8 Å². The van der Waals surface area contributed by atoms with E-state index in [0.717, 1.165) is 0 Å². The number of esters is 1. The Labute approximate surface area is 170 Å². The van der Waals surface area contributed by atoms with Gasteiger partial charge in [0, 0.05) is 5.56 Å². The van der Waals surface area contributed by atoms with Crippen LogP contribution in [0.4, 0.5) is 0 Å². The smallest absolute Gasteiger partial charge is 0.309 e. The quantitative estimate of drug-likeness (QED) is 0.553. The fourth-order valence-electron chi connectivity index (χ4n) is 2.35. The van der Waals surface area contributed by atoms with Crippen LogP contribution in [0.15, 0.2) is 54.6 Å². The van der Waals surface area contributed by atoms with E-state index in [2.05, 4.69) is 31.6 Å². The third kappa shape index (κ3) is 7.65. The van der Waals surface area contributed by atoms with Crippen molar-refractivity contribution in [3.8, 4) is 5.75 Å². The largest absolute Gasteiger partial charge is 0.493 e. The number of rotatable bonds is 7. The monoisotopic (exact) mass is 398 g/mol. The van der Waals surface area contributed by atoms with Crippen LogP contribution in [0.1, 0.15) is 43.1 Å². The first-order valence-electron chi connectivity index (χ1n) is 9.29. The van der Waals surface area contributed by atoms with Gasteiger partial charge in [-0.2, -0.15) is 0 Å². The van der Waals surface area contributed by atoms with Crippen molar-refractivity contribution in [1.29, 1.82) is 0 Å². The summed E-state index contributed by atoms with van der Waals surface area (Å²) in [5, 5.41) is 0. The molecule has 0 saturated heterocycles. The van der Waals surface area contributed by atoms with Gasteiger partial charge in [0.1, 0.15) is 5.75 Å². The highest BCUT2D eigenvalue weighted by atomic mass is 16.5. The number of hydrogen-bond acceptors (Lipinski definition) is 5. The van der Waals surface area contributed by atoms with E-state index in [-0.39, 0.29) is 18.4 Å². The normalized spacial score (nSPS) is 10.7. The summed E-state index contributed by atoms with van der Waals surface area (Å²) in [5.74, 6) is -1.01. The maximum absolute atomic E-state index is 11.8. The molecule has 0 unspecified atom stereocenters. The molecule has 0 atom stereocenters. The highest BCUT2D eigenvalue weighted by molar-refractivity contribution is 5.95. The molecule has 2 N–H and O–H groups in total. The molecule has 0 aliphatic carbocycles. The fraction of sp³-hybridized carbons (Fsp3) is 0.318. The van der Waals surface area contributed by atoms with Crippen LogP contribution in [0.25, 0.3) is 0 Å². The Kier molecular flexibility index (Phi) is 7.77. The summed E-state index contributed by atoms with van der Waals surface area (Å²) < 4.78 is 10.4. The Morgan fingerprint density at radius 2 is 1.55 bits per heavy atom. The minimum absolute atomic E-state index is 0.00464.